The number of ether oxygens (including phenoxy) is 4. The number of hydrogen-bond acceptors (Lipinski definition) is 8. The number of amides is 1. The predicted octanol–water partition coefficient (Wildman–Crippen LogP) is 3.94. The van der Waals surface area contributed by atoms with Crippen LogP contribution in [-0.2, 0) is 38.1 Å². The molecule has 0 aromatic rings. The molecule has 38 heavy (non-hydrogen) atoms. The van der Waals surface area contributed by atoms with Crippen LogP contribution in [0.2, 0.25) is 0 Å². The number of esters is 2. The monoisotopic (exact) mass is 533 g/mol. The molecule has 2 aliphatic carbocycles. The van der Waals surface area contributed by atoms with E-state index in [9.17, 15) is 19.2 Å². The molecule has 2 aliphatic heterocycles. The Hall–Kier alpha value is -2.52. The summed E-state index contributed by atoms with van der Waals surface area (Å²) in [6.45, 7) is 8.21. The average molecular weight is 534 g/mol. The van der Waals surface area contributed by atoms with Crippen molar-refractivity contribution in [3.63, 3.8) is 0 Å². The van der Waals surface area contributed by atoms with Gasteiger partial charge in [-0.1, -0.05) is 18.4 Å². The topological polar surface area (TPSA) is 117 Å². The number of aldehydes is 1. The molecular formula is C29H43NO8. The largest absolute Gasteiger partial charge is 0.463 e. The first-order valence-corrected chi connectivity index (χ1v) is 14.1. The van der Waals surface area contributed by atoms with Crippen LogP contribution < -0.4 is 5.32 Å². The minimum absolute atomic E-state index is 0.0761. The Bertz CT molecular complexity index is 852. The van der Waals surface area contributed by atoms with Crippen molar-refractivity contribution in [2.75, 3.05) is 13.2 Å². The highest BCUT2D eigenvalue weighted by Gasteiger charge is 2.40. The molecule has 4 aliphatic rings. The van der Waals surface area contributed by atoms with Crippen molar-refractivity contribution in [2.24, 2.45) is 11.8 Å². The van der Waals surface area contributed by atoms with Crippen molar-refractivity contribution in [3.8, 4) is 0 Å². The summed E-state index contributed by atoms with van der Waals surface area (Å²) in [5, 5.41) is 2.54. The van der Waals surface area contributed by atoms with Gasteiger partial charge in [0.15, 0.2) is 0 Å². The minimum atomic E-state index is -0.440. The maximum atomic E-state index is 12.0. The van der Waals surface area contributed by atoms with Crippen LogP contribution in [0.5, 0.6) is 0 Å². The van der Waals surface area contributed by atoms with Crippen molar-refractivity contribution >= 4 is 24.6 Å². The van der Waals surface area contributed by atoms with Crippen LogP contribution >= 0.6 is 0 Å². The Morgan fingerprint density at radius 1 is 0.842 bits per heavy atom. The molecule has 4 rings (SSSR count). The van der Waals surface area contributed by atoms with E-state index >= 15 is 0 Å². The van der Waals surface area contributed by atoms with E-state index in [1.54, 1.807) is 13.8 Å². The van der Waals surface area contributed by atoms with Crippen molar-refractivity contribution in [1.29, 1.82) is 0 Å². The zero-order chi connectivity index (χ0) is 27.7. The van der Waals surface area contributed by atoms with E-state index in [1.807, 2.05) is 13.8 Å². The van der Waals surface area contributed by atoms with E-state index in [2.05, 4.69) is 5.32 Å². The highest BCUT2D eigenvalue weighted by atomic mass is 16.5. The lowest BCUT2D eigenvalue weighted by Gasteiger charge is -2.34. The van der Waals surface area contributed by atoms with Gasteiger partial charge in [-0.3, -0.25) is 4.79 Å². The van der Waals surface area contributed by atoms with Crippen LogP contribution in [0.4, 0.5) is 0 Å². The first-order valence-electron chi connectivity index (χ1n) is 14.1. The van der Waals surface area contributed by atoms with Crippen molar-refractivity contribution in [2.45, 2.75) is 110 Å². The number of nitrogens with one attached hydrogen (secondary N) is 1. The fraction of sp³-hybridized carbons (Fsp3) is 0.724. The van der Waals surface area contributed by atoms with E-state index in [4.69, 9.17) is 18.9 Å². The second-order valence-corrected chi connectivity index (χ2v) is 10.4. The molecule has 9 heteroatoms. The van der Waals surface area contributed by atoms with Crippen molar-refractivity contribution < 1.29 is 38.1 Å². The maximum absolute atomic E-state index is 12.0. The molecule has 2 saturated carbocycles. The zero-order valence-electron chi connectivity index (χ0n) is 23.2. The fourth-order valence-electron chi connectivity index (χ4n) is 6.42. The molecule has 1 N–H and O–H groups in total. The van der Waals surface area contributed by atoms with Gasteiger partial charge in [0.25, 0.3) is 0 Å². The molecule has 2 heterocycles. The van der Waals surface area contributed by atoms with E-state index in [0.717, 1.165) is 62.4 Å². The van der Waals surface area contributed by atoms with Gasteiger partial charge in [-0.25, -0.2) is 9.59 Å². The average Bonchev–Trinajstić information content (AvgIpc) is 3.55. The Morgan fingerprint density at radius 3 is 1.89 bits per heavy atom. The predicted molar refractivity (Wildman–Crippen MR) is 140 cm³/mol. The summed E-state index contributed by atoms with van der Waals surface area (Å²) in [4.78, 5) is 45.7. The number of carbonyl (C=O) groups is 4. The van der Waals surface area contributed by atoms with Crippen LogP contribution in [0.25, 0.3) is 0 Å². The summed E-state index contributed by atoms with van der Waals surface area (Å²) < 4.78 is 22.0. The molecule has 9 nitrogen and oxygen atoms in total. The Morgan fingerprint density at radius 2 is 1.37 bits per heavy atom. The summed E-state index contributed by atoms with van der Waals surface area (Å²) in [6.07, 6.45) is 9.86. The van der Waals surface area contributed by atoms with E-state index in [1.165, 1.54) is 0 Å². The lowest BCUT2D eigenvalue weighted by molar-refractivity contribution is -0.140. The third-order valence-electron chi connectivity index (χ3n) is 7.83. The standard InChI is InChI=1S/C15H22O4.C14H21NO4/c1-3-18-15(17)12(7-8-16)13-9-10(2)19-14-6-4-5-11(13)14;1-3-18-14(17)13(15-8-16)11-7-9(2)19-12-6-4-5-10(11)12/h8,10-11,14H,3-7,9H2,1-2H3;8-10,12H,3-7H2,1-2H3,(H,15,16)/b13-12-;13-11-/t10-,11+,14+;9-,10+,12+/m11/s1. The first-order chi connectivity index (χ1) is 18.3. The Kier molecular flexibility index (Phi) is 11.5. The molecule has 6 atom stereocenters. The minimum Gasteiger partial charge on any atom is -0.463 e. The molecule has 0 spiro atoms. The molecule has 4 fully saturated rings. The van der Waals surface area contributed by atoms with Gasteiger partial charge in [-0.05, 0) is 71.8 Å². The van der Waals surface area contributed by atoms with Gasteiger partial charge in [0.1, 0.15) is 12.0 Å². The van der Waals surface area contributed by atoms with Gasteiger partial charge in [-0.15, -0.1) is 0 Å². The van der Waals surface area contributed by atoms with Crippen molar-refractivity contribution in [3.05, 3.63) is 22.4 Å². The second-order valence-electron chi connectivity index (χ2n) is 10.4. The molecule has 0 radical (unpaired) electrons. The third-order valence-corrected chi connectivity index (χ3v) is 7.83. The summed E-state index contributed by atoms with van der Waals surface area (Å²) in [5.41, 5.74) is 2.99. The quantitative estimate of drug-likeness (QED) is 0.283. The summed E-state index contributed by atoms with van der Waals surface area (Å²) in [7, 11) is 0. The molecule has 0 bridgehead atoms. The van der Waals surface area contributed by atoms with Crippen LogP contribution in [0, 0.1) is 11.8 Å². The van der Waals surface area contributed by atoms with E-state index in [0.29, 0.717) is 43.2 Å². The summed E-state index contributed by atoms with van der Waals surface area (Å²) in [6, 6.07) is 0. The fourth-order valence-corrected chi connectivity index (χ4v) is 6.42. The van der Waals surface area contributed by atoms with Gasteiger partial charge in [0.2, 0.25) is 6.41 Å². The maximum Gasteiger partial charge on any atom is 0.354 e. The highest BCUT2D eigenvalue weighted by Crippen LogP contribution is 2.43. The third kappa shape index (κ3) is 7.32. The SMILES string of the molecule is CCOC(=O)/C(CC=O)=C1/C[C@@H](C)O[C@H]2CCC[C@@H]12.CCOC(=O)/C(NC=O)=C1\C[C@@H](C)O[C@H]2CCC[C@@H]12. The van der Waals surface area contributed by atoms with E-state index in [-0.39, 0.29) is 42.7 Å². The summed E-state index contributed by atoms with van der Waals surface area (Å²) >= 11 is 0. The summed E-state index contributed by atoms with van der Waals surface area (Å²) in [5.74, 6) is -0.229. The highest BCUT2D eigenvalue weighted by molar-refractivity contribution is 5.92. The van der Waals surface area contributed by atoms with Gasteiger partial charge >= 0.3 is 11.9 Å². The van der Waals surface area contributed by atoms with Gasteiger partial charge in [0.05, 0.1) is 37.6 Å². The number of carbonyl (C=O) groups excluding carboxylic acids is 4. The Balaban J connectivity index is 0.000000211. The van der Waals surface area contributed by atoms with E-state index < -0.39 is 5.97 Å². The molecule has 212 valence electrons. The molecule has 0 aromatic carbocycles. The normalized spacial score (nSPS) is 32.5. The molecule has 0 aromatic heterocycles. The lowest BCUT2D eigenvalue weighted by Crippen LogP contribution is -2.36. The van der Waals surface area contributed by atoms with Crippen LogP contribution in [0.1, 0.15) is 85.5 Å². The molecule has 2 saturated heterocycles. The van der Waals surface area contributed by atoms with Gasteiger partial charge < -0.3 is 29.1 Å². The smallest absolute Gasteiger partial charge is 0.354 e. The van der Waals surface area contributed by atoms with Gasteiger partial charge in [-0.2, -0.15) is 0 Å². The number of rotatable bonds is 8. The van der Waals surface area contributed by atoms with Crippen LogP contribution in [0.15, 0.2) is 22.4 Å². The number of hydrogen-bond donors (Lipinski definition) is 1. The zero-order valence-corrected chi connectivity index (χ0v) is 23.2. The van der Waals surface area contributed by atoms with Crippen LogP contribution in [0.3, 0.4) is 0 Å². The number of fused-ring (bicyclic) bond motifs is 2. The van der Waals surface area contributed by atoms with Gasteiger partial charge in [0, 0.05) is 23.8 Å². The lowest BCUT2D eigenvalue weighted by atomic mass is 9.84. The Labute approximate surface area is 225 Å². The van der Waals surface area contributed by atoms with Crippen LogP contribution in [-0.4, -0.2) is 62.3 Å². The second kappa shape index (κ2) is 14.6. The van der Waals surface area contributed by atoms with Crippen molar-refractivity contribution in [1.82, 2.24) is 5.32 Å². The molecule has 0 unspecified atom stereocenters. The first kappa shape index (κ1) is 30.0. The molecule has 1 amide bonds. The molecular weight excluding hydrogens is 490 g/mol.